The molecule has 0 aliphatic heterocycles. The largest absolute Gasteiger partial charge is 0.390 e. The number of hydrogen-bond acceptors (Lipinski definition) is 4. The van der Waals surface area contributed by atoms with Gasteiger partial charge in [-0.15, -0.1) is 11.3 Å². The SMILES string of the molecule is Nc1sc(-c2ccccc2)cc1C(=O)N/N=C\c1ccccc1. The highest BCUT2D eigenvalue weighted by Gasteiger charge is 2.14. The van der Waals surface area contributed by atoms with Crippen molar-refractivity contribution in [1.29, 1.82) is 0 Å². The topological polar surface area (TPSA) is 67.5 Å². The summed E-state index contributed by atoms with van der Waals surface area (Å²) in [6.07, 6.45) is 1.60. The average Bonchev–Trinajstić information content (AvgIpc) is 2.98. The number of nitrogens with two attached hydrogens (primary N) is 1. The summed E-state index contributed by atoms with van der Waals surface area (Å²) >= 11 is 1.39. The van der Waals surface area contributed by atoms with E-state index in [0.717, 1.165) is 16.0 Å². The van der Waals surface area contributed by atoms with Crippen molar-refractivity contribution >= 4 is 28.5 Å². The van der Waals surface area contributed by atoms with Gasteiger partial charge in [-0.2, -0.15) is 5.10 Å². The highest BCUT2D eigenvalue weighted by atomic mass is 32.1. The van der Waals surface area contributed by atoms with Crippen LogP contribution < -0.4 is 11.2 Å². The van der Waals surface area contributed by atoms with Gasteiger partial charge in [0.2, 0.25) is 0 Å². The predicted molar refractivity (Wildman–Crippen MR) is 95.7 cm³/mol. The number of hydrogen-bond donors (Lipinski definition) is 2. The van der Waals surface area contributed by atoms with E-state index in [1.54, 1.807) is 12.3 Å². The van der Waals surface area contributed by atoms with Crippen LogP contribution in [0.1, 0.15) is 15.9 Å². The summed E-state index contributed by atoms with van der Waals surface area (Å²) in [4.78, 5) is 13.2. The Morgan fingerprint density at radius 1 is 1.04 bits per heavy atom. The van der Waals surface area contributed by atoms with Crippen molar-refractivity contribution in [3.63, 3.8) is 0 Å². The molecule has 0 saturated heterocycles. The quantitative estimate of drug-likeness (QED) is 0.567. The summed E-state index contributed by atoms with van der Waals surface area (Å²) in [5, 5.41) is 4.45. The number of amides is 1. The van der Waals surface area contributed by atoms with Crippen molar-refractivity contribution < 1.29 is 4.79 Å². The molecular formula is C18H15N3OS. The first-order valence-electron chi connectivity index (χ1n) is 7.07. The van der Waals surface area contributed by atoms with E-state index in [1.165, 1.54) is 11.3 Å². The van der Waals surface area contributed by atoms with Gasteiger partial charge in [0, 0.05) is 4.88 Å². The third-order valence-corrected chi connectivity index (χ3v) is 4.26. The molecule has 0 fully saturated rings. The fraction of sp³-hybridized carbons (Fsp3) is 0. The Hall–Kier alpha value is -2.92. The lowest BCUT2D eigenvalue weighted by atomic mass is 10.1. The van der Waals surface area contributed by atoms with E-state index in [9.17, 15) is 4.79 Å². The van der Waals surface area contributed by atoms with Gasteiger partial charge in [0.25, 0.3) is 5.91 Å². The van der Waals surface area contributed by atoms with Crippen molar-refractivity contribution in [2.45, 2.75) is 0 Å². The van der Waals surface area contributed by atoms with Crippen molar-refractivity contribution in [3.05, 3.63) is 77.9 Å². The minimum absolute atomic E-state index is 0.312. The Morgan fingerprint density at radius 2 is 1.70 bits per heavy atom. The lowest BCUT2D eigenvalue weighted by molar-refractivity contribution is 0.0956. The molecule has 3 rings (SSSR count). The number of rotatable bonds is 4. The zero-order valence-electron chi connectivity index (χ0n) is 12.3. The van der Waals surface area contributed by atoms with Crippen LogP contribution in [0.2, 0.25) is 0 Å². The molecule has 0 aliphatic rings. The van der Waals surface area contributed by atoms with Crippen LogP contribution in [0.4, 0.5) is 5.00 Å². The number of carbonyl (C=O) groups excluding carboxylic acids is 1. The standard InChI is InChI=1S/C18H15N3OS/c19-17-15(11-16(23-17)14-9-5-2-6-10-14)18(22)21-20-12-13-7-3-1-4-8-13/h1-12H,19H2,(H,21,22)/b20-12-. The Balaban J connectivity index is 1.73. The van der Waals surface area contributed by atoms with Gasteiger partial charge < -0.3 is 5.73 Å². The van der Waals surface area contributed by atoms with Gasteiger partial charge in [0.05, 0.1) is 16.8 Å². The van der Waals surface area contributed by atoms with E-state index in [2.05, 4.69) is 10.5 Å². The first-order chi connectivity index (χ1) is 11.2. The van der Waals surface area contributed by atoms with Crippen molar-refractivity contribution in [2.24, 2.45) is 5.10 Å². The highest BCUT2D eigenvalue weighted by Crippen LogP contribution is 2.33. The molecule has 0 radical (unpaired) electrons. The van der Waals surface area contributed by atoms with Gasteiger partial charge in [-0.05, 0) is 17.2 Å². The van der Waals surface area contributed by atoms with E-state index in [0.29, 0.717) is 10.6 Å². The average molecular weight is 321 g/mol. The van der Waals surface area contributed by atoms with Crippen molar-refractivity contribution in [2.75, 3.05) is 5.73 Å². The molecule has 0 spiro atoms. The maximum absolute atomic E-state index is 12.2. The second kappa shape index (κ2) is 6.89. The number of hydrazone groups is 1. The first kappa shape index (κ1) is 15.0. The number of nitrogens with zero attached hydrogens (tertiary/aromatic N) is 1. The molecule has 1 heterocycles. The first-order valence-corrected chi connectivity index (χ1v) is 7.89. The molecule has 0 aliphatic carbocycles. The molecule has 1 amide bonds. The number of thiophene rings is 1. The van der Waals surface area contributed by atoms with Gasteiger partial charge in [0.1, 0.15) is 0 Å². The number of anilines is 1. The second-order valence-electron chi connectivity index (χ2n) is 4.86. The third-order valence-electron chi connectivity index (χ3n) is 3.24. The fourth-order valence-corrected chi connectivity index (χ4v) is 3.02. The Morgan fingerprint density at radius 3 is 2.39 bits per heavy atom. The smallest absolute Gasteiger partial charge is 0.274 e. The molecule has 4 nitrogen and oxygen atoms in total. The minimum atomic E-state index is -0.312. The van der Waals surface area contributed by atoms with E-state index in [1.807, 2.05) is 60.7 Å². The summed E-state index contributed by atoms with van der Waals surface area (Å²) in [7, 11) is 0. The summed E-state index contributed by atoms with van der Waals surface area (Å²) in [6.45, 7) is 0. The number of benzene rings is 2. The zero-order valence-corrected chi connectivity index (χ0v) is 13.1. The van der Waals surface area contributed by atoms with Crippen molar-refractivity contribution in [3.8, 4) is 10.4 Å². The molecule has 2 aromatic carbocycles. The number of nitrogens with one attached hydrogen (secondary N) is 1. The van der Waals surface area contributed by atoms with Gasteiger partial charge in [-0.1, -0.05) is 60.7 Å². The molecule has 1 aromatic heterocycles. The van der Waals surface area contributed by atoms with Crippen LogP contribution >= 0.6 is 11.3 Å². The van der Waals surface area contributed by atoms with Crippen LogP contribution in [0.15, 0.2) is 71.8 Å². The van der Waals surface area contributed by atoms with Crippen LogP contribution in [0.5, 0.6) is 0 Å². The zero-order chi connectivity index (χ0) is 16.1. The Labute approximate surface area is 138 Å². The lowest BCUT2D eigenvalue weighted by Crippen LogP contribution is -2.17. The Bertz CT molecular complexity index is 826. The van der Waals surface area contributed by atoms with Gasteiger partial charge >= 0.3 is 0 Å². The van der Waals surface area contributed by atoms with Crippen LogP contribution in [0.3, 0.4) is 0 Å². The molecule has 23 heavy (non-hydrogen) atoms. The molecule has 0 bridgehead atoms. The van der Waals surface area contributed by atoms with E-state index in [-0.39, 0.29) is 5.91 Å². The molecule has 0 unspecified atom stereocenters. The van der Waals surface area contributed by atoms with E-state index < -0.39 is 0 Å². The molecule has 3 aromatic rings. The van der Waals surface area contributed by atoms with Crippen LogP contribution in [0.25, 0.3) is 10.4 Å². The van der Waals surface area contributed by atoms with Gasteiger partial charge in [0.15, 0.2) is 0 Å². The number of nitrogen functional groups attached to an aromatic ring is 1. The third kappa shape index (κ3) is 3.64. The highest BCUT2D eigenvalue weighted by molar-refractivity contribution is 7.19. The summed E-state index contributed by atoms with van der Waals surface area (Å²) in [6, 6.07) is 21.2. The minimum Gasteiger partial charge on any atom is -0.390 e. The van der Waals surface area contributed by atoms with Gasteiger partial charge in [-0.3, -0.25) is 4.79 Å². The molecular weight excluding hydrogens is 306 g/mol. The molecule has 0 saturated carbocycles. The normalized spacial score (nSPS) is 10.8. The van der Waals surface area contributed by atoms with E-state index in [4.69, 9.17) is 5.73 Å². The summed E-state index contributed by atoms with van der Waals surface area (Å²) in [5.41, 5.74) is 10.9. The molecule has 114 valence electrons. The maximum atomic E-state index is 12.2. The molecule has 5 heteroatoms. The van der Waals surface area contributed by atoms with E-state index >= 15 is 0 Å². The monoisotopic (exact) mass is 321 g/mol. The summed E-state index contributed by atoms with van der Waals surface area (Å²) < 4.78 is 0. The van der Waals surface area contributed by atoms with Gasteiger partial charge in [-0.25, -0.2) is 5.43 Å². The van der Waals surface area contributed by atoms with Crippen molar-refractivity contribution in [1.82, 2.24) is 5.43 Å². The van der Waals surface area contributed by atoms with Crippen LogP contribution in [-0.4, -0.2) is 12.1 Å². The maximum Gasteiger partial charge on any atom is 0.274 e. The second-order valence-corrected chi connectivity index (χ2v) is 5.95. The van der Waals surface area contributed by atoms with Crippen LogP contribution in [0, 0.1) is 0 Å². The van der Waals surface area contributed by atoms with Crippen LogP contribution in [-0.2, 0) is 0 Å². The molecule has 3 N–H and O–H groups in total. The molecule has 0 atom stereocenters. The lowest BCUT2D eigenvalue weighted by Gasteiger charge is -1.98. The Kier molecular flexibility index (Phi) is 4.49. The summed E-state index contributed by atoms with van der Waals surface area (Å²) in [5.74, 6) is -0.312. The fourth-order valence-electron chi connectivity index (χ4n) is 2.09. The number of carbonyl (C=O) groups is 1. The predicted octanol–water partition coefficient (Wildman–Crippen LogP) is 3.76.